The Hall–Kier alpha value is -1.74. The molecule has 1 aromatic carbocycles. The highest BCUT2D eigenvalue weighted by Gasteiger charge is 2.06. The van der Waals surface area contributed by atoms with Gasteiger partial charge in [-0.15, -0.1) is 0 Å². The zero-order chi connectivity index (χ0) is 9.26. The Bertz CT molecular complexity index is 383. The highest BCUT2D eigenvalue weighted by atomic mass is 16.5. The van der Waals surface area contributed by atoms with Gasteiger partial charge in [0.25, 0.3) is 0 Å². The zero-order valence-corrected chi connectivity index (χ0v) is 6.88. The summed E-state index contributed by atoms with van der Waals surface area (Å²) >= 11 is 0. The second kappa shape index (κ2) is 2.95. The van der Waals surface area contributed by atoms with Crippen LogP contribution < -0.4 is 5.06 Å². The number of hydrogen-bond donors (Lipinski definition) is 2. The summed E-state index contributed by atoms with van der Waals surface area (Å²) in [6, 6.07) is 4.79. The third-order valence-electron chi connectivity index (χ3n) is 1.87. The predicted octanol–water partition coefficient (Wildman–Crippen LogP) is 2.13. The summed E-state index contributed by atoms with van der Waals surface area (Å²) in [5.41, 5.74) is 1.44. The van der Waals surface area contributed by atoms with Gasteiger partial charge in [-0.2, -0.15) is 0 Å². The fraction of sp³-hybridized carbons (Fsp3) is 0. The molecule has 66 valence electrons. The molecule has 0 aliphatic carbocycles. The number of aromatic hydroxyl groups is 1. The smallest absolute Gasteiger partial charge is 0.116 e. The average molecular weight is 175 g/mol. The second-order valence-electron chi connectivity index (χ2n) is 2.79. The first kappa shape index (κ1) is 7.89. The van der Waals surface area contributed by atoms with Crippen LogP contribution in [0.1, 0.15) is 5.56 Å². The SMILES string of the molecule is Oc1ccc2c(c1)C=CC=CN2O. The van der Waals surface area contributed by atoms with E-state index in [2.05, 4.69) is 0 Å². The van der Waals surface area contributed by atoms with Gasteiger partial charge in [0.1, 0.15) is 5.75 Å². The normalized spacial score (nSPS) is 14.1. The summed E-state index contributed by atoms with van der Waals surface area (Å²) in [4.78, 5) is 0. The minimum Gasteiger partial charge on any atom is -0.508 e. The Morgan fingerprint density at radius 2 is 2.00 bits per heavy atom. The van der Waals surface area contributed by atoms with Gasteiger partial charge in [0.2, 0.25) is 0 Å². The number of fused-ring (bicyclic) bond motifs is 1. The number of nitrogens with zero attached hydrogens (tertiary/aromatic N) is 1. The highest BCUT2D eigenvalue weighted by molar-refractivity contribution is 5.71. The van der Waals surface area contributed by atoms with Gasteiger partial charge < -0.3 is 5.11 Å². The molecule has 1 aliphatic rings. The summed E-state index contributed by atoms with van der Waals surface area (Å²) in [7, 11) is 0. The molecule has 2 N–H and O–H groups in total. The Balaban J connectivity index is 2.57. The van der Waals surface area contributed by atoms with Gasteiger partial charge in [-0.05, 0) is 24.3 Å². The van der Waals surface area contributed by atoms with Crippen molar-refractivity contribution in [3.05, 3.63) is 42.1 Å². The number of benzene rings is 1. The van der Waals surface area contributed by atoms with Crippen LogP contribution in [0.25, 0.3) is 6.08 Å². The van der Waals surface area contributed by atoms with Crippen molar-refractivity contribution < 1.29 is 10.3 Å². The third kappa shape index (κ3) is 1.41. The van der Waals surface area contributed by atoms with Crippen LogP contribution in [0.3, 0.4) is 0 Å². The molecule has 0 atom stereocenters. The van der Waals surface area contributed by atoms with Crippen molar-refractivity contribution in [2.45, 2.75) is 0 Å². The van der Waals surface area contributed by atoms with E-state index in [1.165, 1.54) is 6.07 Å². The Morgan fingerprint density at radius 3 is 2.85 bits per heavy atom. The summed E-state index contributed by atoms with van der Waals surface area (Å²) in [6.07, 6.45) is 6.88. The first-order valence-electron chi connectivity index (χ1n) is 3.93. The lowest BCUT2D eigenvalue weighted by Crippen LogP contribution is -2.09. The summed E-state index contributed by atoms with van der Waals surface area (Å²) < 4.78 is 0. The van der Waals surface area contributed by atoms with Crippen molar-refractivity contribution >= 4 is 11.8 Å². The number of rotatable bonds is 0. The van der Waals surface area contributed by atoms with Gasteiger partial charge in [0.15, 0.2) is 0 Å². The lowest BCUT2D eigenvalue weighted by atomic mass is 10.1. The molecule has 0 saturated heterocycles. The number of phenols is 1. The average Bonchev–Trinajstić information content (AvgIpc) is 2.28. The van der Waals surface area contributed by atoms with Crippen molar-refractivity contribution in [2.24, 2.45) is 0 Å². The maximum absolute atomic E-state index is 9.46. The maximum atomic E-state index is 9.46. The van der Waals surface area contributed by atoms with E-state index < -0.39 is 0 Å². The van der Waals surface area contributed by atoms with Crippen molar-refractivity contribution in [3.8, 4) is 5.75 Å². The number of phenolic OH excluding ortho intramolecular Hbond substituents is 1. The topological polar surface area (TPSA) is 43.7 Å². The zero-order valence-electron chi connectivity index (χ0n) is 6.88. The molecule has 2 rings (SSSR count). The molecule has 0 unspecified atom stereocenters. The van der Waals surface area contributed by atoms with Crippen LogP contribution in [-0.2, 0) is 0 Å². The van der Waals surface area contributed by atoms with Gasteiger partial charge >= 0.3 is 0 Å². The fourth-order valence-electron chi connectivity index (χ4n) is 1.25. The summed E-state index contributed by atoms with van der Waals surface area (Å²) in [5.74, 6) is 0.193. The van der Waals surface area contributed by atoms with Gasteiger partial charge in [0, 0.05) is 11.8 Å². The monoisotopic (exact) mass is 175 g/mol. The van der Waals surface area contributed by atoms with Gasteiger partial charge in [-0.3, -0.25) is 5.21 Å². The molecule has 0 radical (unpaired) electrons. The molecule has 0 bridgehead atoms. The van der Waals surface area contributed by atoms with Crippen LogP contribution in [0.15, 0.2) is 36.6 Å². The van der Waals surface area contributed by atoms with Crippen LogP contribution in [-0.4, -0.2) is 10.3 Å². The number of anilines is 1. The minimum absolute atomic E-state index is 0.193. The van der Waals surface area contributed by atoms with E-state index in [9.17, 15) is 10.3 Å². The molecular weight excluding hydrogens is 166 g/mol. The van der Waals surface area contributed by atoms with E-state index in [-0.39, 0.29) is 5.75 Å². The largest absolute Gasteiger partial charge is 0.508 e. The van der Waals surface area contributed by atoms with E-state index in [4.69, 9.17) is 0 Å². The van der Waals surface area contributed by atoms with Crippen molar-refractivity contribution in [1.82, 2.24) is 0 Å². The van der Waals surface area contributed by atoms with Crippen LogP contribution in [0.4, 0.5) is 5.69 Å². The molecule has 1 aromatic rings. The van der Waals surface area contributed by atoms with E-state index in [0.29, 0.717) is 5.69 Å². The molecule has 0 amide bonds. The van der Waals surface area contributed by atoms with E-state index in [0.717, 1.165) is 10.6 Å². The van der Waals surface area contributed by atoms with E-state index in [1.807, 2.05) is 6.08 Å². The number of allylic oxidation sites excluding steroid dienone is 2. The van der Waals surface area contributed by atoms with E-state index >= 15 is 0 Å². The van der Waals surface area contributed by atoms with E-state index in [1.54, 1.807) is 30.5 Å². The Labute approximate surface area is 75.8 Å². The van der Waals surface area contributed by atoms with Gasteiger partial charge in [-0.1, -0.05) is 12.2 Å². The molecule has 13 heavy (non-hydrogen) atoms. The van der Waals surface area contributed by atoms with Crippen LogP contribution >= 0.6 is 0 Å². The van der Waals surface area contributed by atoms with Gasteiger partial charge in [0.05, 0.1) is 5.69 Å². The third-order valence-corrected chi connectivity index (χ3v) is 1.87. The highest BCUT2D eigenvalue weighted by Crippen LogP contribution is 2.26. The maximum Gasteiger partial charge on any atom is 0.116 e. The molecule has 1 heterocycles. The molecule has 0 spiro atoms. The lowest BCUT2D eigenvalue weighted by Gasteiger charge is -2.13. The van der Waals surface area contributed by atoms with Crippen molar-refractivity contribution in [2.75, 3.05) is 5.06 Å². The number of hydrogen-bond acceptors (Lipinski definition) is 3. The molecule has 0 fully saturated rings. The lowest BCUT2D eigenvalue weighted by molar-refractivity contribution is 0.296. The van der Waals surface area contributed by atoms with Crippen molar-refractivity contribution in [3.63, 3.8) is 0 Å². The standard InChI is InChI=1S/C10H9NO2/c12-9-4-5-10-8(7-9)3-1-2-6-11(10)13/h1-7,12-13H. The van der Waals surface area contributed by atoms with Crippen molar-refractivity contribution in [1.29, 1.82) is 0 Å². The molecule has 3 heteroatoms. The molecule has 0 saturated carbocycles. The fourth-order valence-corrected chi connectivity index (χ4v) is 1.25. The molecule has 0 aromatic heterocycles. The summed E-state index contributed by atoms with van der Waals surface area (Å²) in [6.45, 7) is 0. The minimum atomic E-state index is 0.193. The predicted molar refractivity (Wildman–Crippen MR) is 50.5 cm³/mol. The van der Waals surface area contributed by atoms with Crippen LogP contribution in [0.5, 0.6) is 5.75 Å². The van der Waals surface area contributed by atoms with Gasteiger partial charge in [-0.25, -0.2) is 5.06 Å². The Morgan fingerprint density at radius 1 is 1.15 bits per heavy atom. The van der Waals surface area contributed by atoms with Crippen LogP contribution in [0.2, 0.25) is 0 Å². The Kier molecular flexibility index (Phi) is 1.79. The quantitative estimate of drug-likeness (QED) is 0.634. The second-order valence-corrected chi connectivity index (χ2v) is 2.79. The molecule has 3 nitrogen and oxygen atoms in total. The molecular formula is C10H9NO2. The van der Waals surface area contributed by atoms with Crippen LogP contribution in [0, 0.1) is 0 Å². The first-order valence-corrected chi connectivity index (χ1v) is 3.93. The molecule has 1 aliphatic heterocycles. The number of hydroxylamine groups is 1. The summed E-state index contributed by atoms with van der Waals surface area (Å²) in [5, 5.41) is 19.7. The first-order chi connectivity index (χ1) is 6.27.